The smallest absolute Gasteiger partial charge is 0.216 e. The van der Waals surface area contributed by atoms with Crippen molar-refractivity contribution in [3.05, 3.63) is 65.0 Å². The van der Waals surface area contributed by atoms with Crippen LogP contribution < -0.4 is 0 Å². The average Bonchev–Trinajstić information content (AvgIpc) is 2.99. The molecule has 0 saturated heterocycles. The lowest BCUT2D eigenvalue weighted by molar-refractivity contribution is 0.628. The summed E-state index contributed by atoms with van der Waals surface area (Å²) in [6.45, 7) is 0. The van der Waals surface area contributed by atoms with Gasteiger partial charge in [-0.15, -0.1) is 10.2 Å². The van der Waals surface area contributed by atoms with E-state index in [0.29, 0.717) is 17.3 Å². The number of benzene rings is 2. The highest BCUT2D eigenvalue weighted by atomic mass is 79.9. The van der Waals surface area contributed by atoms with Gasteiger partial charge < -0.3 is 0 Å². The van der Waals surface area contributed by atoms with E-state index in [1.165, 1.54) is 12.1 Å². The minimum absolute atomic E-state index is 0.302. The molecule has 4 rings (SSSR count). The summed E-state index contributed by atoms with van der Waals surface area (Å²) < 4.78 is 15.6. The van der Waals surface area contributed by atoms with E-state index in [0.717, 1.165) is 15.6 Å². The molecule has 0 amide bonds. The molecule has 0 unspecified atom stereocenters. The van der Waals surface area contributed by atoms with E-state index < -0.39 is 0 Å². The van der Waals surface area contributed by atoms with Crippen molar-refractivity contribution in [2.75, 3.05) is 0 Å². The summed E-state index contributed by atoms with van der Waals surface area (Å²) in [6, 6.07) is 13.8. The van der Waals surface area contributed by atoms with Crippen molar-refractivity contribution in [3.63, 3.8) is 0 Å². The zero-order valence-electron chi connectivity index (χ0n) is 11.7. The Balaban J connectivity index is 1.86. The quantitative estimate of drug-likeness (QED) is 0.539. The second-order valence-electron chi connectivity index (χ2n) is 4.89. The Kier molecular flexibility index (Phi) is 3.34. The van der Waals surface area contributed by atoms with Gasteiger partial charge in [-0.05, 0) is 36.4 Å². The maximum Gasteiger partial charge on any atom is 0.272 e. The zero-order chi connectivity index (χ0) is 15.8. The van der Waals surface area contributed by atoms with E-state index in [1.54, 1.807) is 22.8 Å². The lowest BCUT2D eigenvalue weighted by atomic mass is 10.2. The molecule has 5 nitrogen and oxygen atoms in total. The summed E-state index contributed by atoms with van der Waals surface area (Å²) in [5.41, 5.74) is 2.36. The van der Waals surface area contributed by atoms with Gasteiger partial charge in [-0.3, -0.25) is 0 Å². The van der Waals surface area contributed by atoms with E-state index in [1.807, 2.05) is 24.3 Å². The molecule has 4 aromatic rings. The van der Waals surface area contributed by atoms with Gasteiger partial charge in [0.15, 0.2) is 5.82 Å². The Morgan fingerprint density at radius 1 is 0.870 bits per heavy atom. The fourth-order valence-electron chi connectivity index (χ4n) is 2.23. The summed E-state index contributed by atoms with van der Waals surface area (Å²) >= 11 is 3.41. The molecule has 2 aromatic carbocycles. The lowest BCUT2D eigenvalue weighted by Crippen LogP contribution is -1.99. The van der Waals surface area contributed by atoms with Crippen LogP contribution in [-0.4, -0.2) is 24.8 Å². The van der Waals surface area contributed by atoms with Gasteiger partial charge in [0.25, 0.3) is 5.78 Å². The molecule has 0 aliphatic heterocycles. The van der Waals surface area contributed by atoms with E-state index in [-0.39, 0.29) is 5.82 Å². The topological polar surface area (TPSA) is 56.0 Å². The Morgan fingerprint density at radius 2 is 1.57 bits per heavy atom. The third kappa shape index (κ3) is 2.59. The predicted molar refractivity (Wildman–Crippen MR) is 87.1 cm³/mol. The van der Waals surface area contributed by atoms with Crippen molar-refractivity contribution >= 4 is 21.7 Å². The molecule has 0 aliphatic carbocycles. The average molecular weight is 370 g/mol. The van der Waals surface area contributed by atoms with Crippen LogP contribution in [0.3, 0.4) is 0 Å². The number of hydrogen-bond donors (Lipinski definition) is 0. The largest absolute Gasteiger partial charge is 0.272 e. The van der Waals surface area contributed by atoms with Gasteiger partial charge in [0.2, 0.25) is 0 Å². The fourth-order valence-corrected chi connectivity index (χ4v) is 2.49. The monoisotopic (exact) mass is 369 g/mol. The van der Waals surface area contributed by atoms with Gasteiger partial charge in [0.05, 0.1) is 6.20 Å². The number of rotatable bonds is 2. The van der Waals surface area contributed by atoms with E-state index in [9.17, 15) is 4.39 Å². The van der Waals surface area contributed by atoms with Crippen LogP contribution in [0.15, 0.2) is 59.2 Å². The normalized spacial score (nSPS) is 11.0. The summed E-state index contributed by atoms with van der Waals surface area (Å²) in [5, 5.41) is 12.7. The highest BCUT2D eigenvalue weighted by Crippen LogP contribution is 2.21. The third-order valence-electron chi connectivity index (χ3n) is 3.38. The summed E-state index contributed by atoms with van der Waals surface area (Å²) in [5.74, 6) is 0.612. The molecule has 0 spiro atoms. The molecule has 0 saturated carbocycles. The Bertz CT molecular complexity index is 980. The number of nitrogens with zero attached hydrogens (tertiary/aromatic N) is 5. The van der Waals surface area contributed by atoms with Crippen molar-refractivity contribution in [1.82, 2.24) is 24.8 Å². The number of fused-ring (bicyclic) bond motifs is 1. The first kappa shape index (κ1) is 14.0. The van der Waals surface area contributed by atoms with Crippen LogP contribution in [0.4, 0.5) is 4.39 Å². The molecule has 23 heavy (non-hydrogen) atoms. The molecule has 7 heteroatoms. The highest BCUT2D eigenvalue weighted by molar-refractivity contribution is 9.10. The molecule has 0 N–H and O–H groups in total. The molecule has 2 heterocycles. The van der Waals surface area contributed by atoms with Gasteiger partial charge in [0.1, 0.15) is 11.5 Å². The summed E-state index contributed by atoms with van der Waals surface area (Å²) in [6.07, 6.45) is 1.65. The van der Waals surface area contributed by atoms with Crippen LogP contribution in [-0.2, 0) is 0 Å². The maximum atomic E-state index is 13.1. The third-order valence-corrected chi connectivity index (χ3v) is 3.91. The standard InChI is InChI=1S/C16H9BrFN5/c17-12-5-1-10(2-6-12)14-9-19-16-21-20-15(23(16)22-14)11-3-7-13(18)8-4-11/h1-9H. The van der Waals surface area contributed by atoms with E-state index >= 15 is 0 Å². The first-order chi connectivity index (χ1) is 11.2. The second kappa shape index (κ2) is 5.51. The van der Waals surface area contributed by atoms with Crippen molar-refractivity contribution in [3.8, 4) is 22.6 Å². The molecule has 0 radical (unpaired) electrons. The number of halogens is 2. The molecule has 0 fully saturated rings. The molecular formula is C16H9BrFN5. The van der Waals surface area contributed by atoms with Gasteiger partial charge in [-0.25, -0.2) is 9.37 Å². The van der Waals surface area contributed by atoms with Crippen LogP contribution in [0.1, 0.15) is 0 Å². The molecule has 0 atom stereocenters. The zero-order valence-corrected chi connectivity index (χ0v) is 13.3. The Hall–Kier alpha value is -2.67. The van der Waals surface area contributed by atoms with Crippen LogP contribution >= 0.6 is 15.9 Å². The Morgan fingerprint density at radius 3 is 2.30 bits per heavy atom. The first-order valence-corrected chi connectivity index (χ1v) is 7.60. The second-order valence-corrected chi connectivity index (χ2v) is 5.81. The SMILES string of the molecule is Fc1ccc(-c2nnc3ncc(-c4ccc(Br)cc4)nn23)cc1. The van der Waals surface area contributed by atoms with Gasteiger partial charge in [-0.1, -0.05) is 28.1 Å². The van der Waals surface area contributed by atoms with Crippen molar-refractivity contribution in [2.24, 2.45) is 0 Å². The minimum atomic E-state index is -0.302. The minimum Gasteiger partial charge on any atom is -0.216 e. The van der Waals surface area contributed by atoms with Gasteiger partial charge >= 0.3 is 0 Å². The maximum absolute atomic E-state index is 13.1. The van der Waals surface area contributed by atoms with Crippen molar-refractivity contribution < 1.29 is 4.39 Å². The highest BCUT2D eigenvalue weighted by Gasteiger charge is 2.12. The Labute approximate surface area is 139 Å². The van der Waals surface area contributed by atoms with Gasteiger partial charge in [0, 0.05) is 15.6 Å². The summed E-state index contributed by atoms with van der Waals surface area (Å²) in [7, 11) is 0. The molecule has 0 bridgehead atoms. The summed E-state index contributed by atoms with van der Waals surface area (Å²) in [4.78, 5) is 4.28. The molecule has 112 valence electrons. The molecular weight excluding hydrogens is 361 g/mol. The van der Waals surface area contributed by atoms with Crippen LogP contribution in [0.5, 0.6) is 0 Å². The van der Waals surface area contributed by atoms with Crippen LogP contribution in [0, 0.1) is 5.82 Å². The van der Waals surface area contributed by atoms with E-state index in [2.05, 4.69) is 36.2 Å². The first-order valence-electron chi connectivity index (χ1n) is 6.81. The van der Waals surface area contributed by atoms with Crippen molar-refractivity contribution in [1.29, 1.82) is 0 Å². The van der Waals surface area contributed by atoms with Crippen LogP contribution in [0.2, 0.25) is 0 Å². The fraction of sp³-hybridized carbons (Fsp3) is 0. The van der Waals surface area contributed by atoms with Gasteiger partial charge in [-0.2, -0.15) is 9.61 Å². The number of aromatic nitrogens is 5. The van der Waals surface area contributed by atoms with E-state index in [4.69, 9.17) is 0 Å². The molecule has 0 aliphatic rings. The lowest BCUT2D eigenvalue weighted by Gasteiger charge is -2.03. The van der Waals surface area contributed by atoms with Crippen molar-refractivity contribution in [2.45, 2.75) is 0 Å². The van der Waals surface area contributed by atoms with Crippen LogP contribution in [0.25, 0.3) is 28.4 Å². The number of hydrogen-bond acceptors (Lipinski definition) is 4. The predicted octanol–water partition coefficient (Wildman–Crippen LogP) is 3.75. The molecule has 2 aromatic heterocycles.